The normalized spacial score (nSPS) is 22.0. The van der Waals surface area contributed by atoms with Crippen molar-refractivity contribution in [2.24, 2.45) is 5.92 Å². The topological polar surface area (TPSA) is 41.0 Å². The van der Waals surface area contributed by atoms with Gasteiger partial charge in [-0.25, -0.2) is 4.79 Å². The number of piperidine rings is 1. The number of imidazole rings is 1. The number of aromatic amines is 1. The Hall–Kier alpha value is -2.33. The summed E-state index contributed by atoms with van der Waals surface area (Å²) in [6.07, 6.45) is 1.01. The predicted octanol–water partition coefficient (Wildman–Crippen LogP) is 3.41. The number of hydrogen-bond donors (Lipinski definition) is 1. The molecule has 2 aromatic carbocycles. The third-order valence-corrected chi connectivity index (χ3v) is 5.15. The van der Waals surface area contributed by atoms with E-state index in [1.807, 2.05) is 28.8 Å². The monoisotopic (exact) mass is 321 g/mol. The summed E-state index contributed by atoms with van der Waals surface area (Å²) in [5, 5.41) is 0. The number of para-hydroxylation sites is 2. The van der Waals surface area contributed by atoms with E-state index in [9.17, 15) is 4.79 Å². The van der Waals surface area contributed by atoms with Crippen molar-refractivity contribution < 1.29 is 0 Å². The maximum absolute atomic E-state index is 12.4. The molecule has 1 aliphatic heterocycles. The summed E-state index contributed by atoms with van der Waals surface area (Å²) in [5.41, 5.74) is 3.33. The van der Waals surface area contributed by atoms with Crippen LogP contribution < -0.4 is 5.69 Å². The Balaban J connectivity index is 1.54. The standard InChI is InChI=1S/C20H23N3O/c1-15-13-22(14-16-7-3-2-4-8-16)12-11-18(15)23-19-10-6-5-9-17(19)21-20(23)24/h2-10,15,18H,11-14H2,1H3,(H,21,24)/t15-,18+/m1/s1. The zero-order valence-electron chi connectivity index (χ0n) is 14.0. The van der Waals surface area contributed by atoms with E-state index in [-0.39, 0.29) is 11.7 Å². The molecule has 24 heavy (non-hydrogen) atoms. The zero-order valence-corrected chi connectivity index (χ0v) is 14.0. The van der Waals surface area contributed by atoms with E-state index in [4.69, 9.17) is 0 Å². The van der Waals surface area contributed by atoms with Gasteiger partial charge in [0.25, 0.3) is 0 Å². The minimum absolute atomic E-state index is 0.0181. The molecule has 4 nitrogen and oxygen atoms in total. The van der Waals surface area contributed by atoms with Crippen LogP contribution in [0.4, 0.5) is 0 Å². The largest absolute Gasteiger partial charge is 0.326 e. The maximum atomic E-state index is 12.4. The number of aromatic nitrogens is 2. The van der Waals surface area contributed by atoms with Crippen molar-refractivity contribution in [3.8, 4) is 0 Å². The van der Waals surface area contributed by atoms with Gasteiger partial charge in [0.1, 0.15) is 0 Å². The van der Waals surface area contributed by atoms with Gasteiger partial charge in [-0.15, -0.1) is 0 Å². The van der Waals surface area contributed by atoms with Gasteiger partial charge in [-0.3, -0.25) is 9.47 Å². The fraction of sp³-hybridized carbons (Fsp3) is 0.350. The van der Waals surface area contributed by atoms with Crippen molar-refractivity contribution >= 4 is 11.0 Å². The fourth-order valence-corrected chi connectivity index (χ4v) is 3.99. The molecule has 3 aromatic rings. The summed E-state index contributed by atoms with van der Waals surface area (Å²) in [6, 6.07) is 18.9. The Bertz CT molecular complexity index is 881. The van der Waals surface area contributed by atoms with Crippen LogP contribution in [0, 0.1) is 5.92 Å². The fourth-order valence-electron chi connectivity index (χ4n) is 3.99. The van der Waals surface area contributed by atoms with E-state index in [0.29, 0.717) is 5.92 Å². The second-order valence-electron chi connectivity index (χ2n) is 6.87. The van der Waals surface area contributed by atoms with Gasteiger partial charge >= 0.3 is 5.69 Å². The molecule has 0 saturated carbocycles. The zero-order chi connectivity index (χ0) is 16.5. The number of nitrogens with one attached hydrogen (secondary N) is 1. The summed E-state index contributed by atoms with van der Waals surface area (Å²) in [7, 11) is 0. The third-order valence-electron chi connectivity index (χ3n) is 5.15. The highest BCUT2D eigenvalue weighted by atomic mass is 16.1. The summed E-state index contributed by atoms with van der Waals surface area (Å²) < 4.78 is 1.97. The lowest BCUT2D eigenvalue weighted by molar-refractivity contribution is 0.127. The molecule has 124 valence electrons. The average molecular weight is 321 g/mol. The van der Waals surface area contributed by atoms with Crippen molar-refractivity contribution in [3.05, 3.63) is 70.6 Å². The van der Waals surface area contributed by atoms with Crippen LogP contribution in [0.1, 0.15) is 24.9 Å². The summed E-state index contributed by atoms with van der Waals surface area (Å²) in [6.45, 7) is 5.29. The van der Waals surface area contributed by atoms with Gasteiger partial charge in [0.15, 0.2) is 0 Å². The summed E-state index contributed by atoms with van der Waals surface area (Å²) in [5.74, 6) is 0.444. The van der Waals surface area contributed by atoms with E-state index in [2.05, 4.69) is 47.1 Å². The van der Waals surface area contributed by atoms with Crippen LogP contribution in [0.5, 0.6) is 0 Å². The number of benzene rings is 2. The Morgan fingerprint density at radius 1 is 1.08 bits per heavy atom. The van der Waals surface area contributed by atoms with E-state index < -0.39 is 0 Å². The van der Waals surface area contributed by atoms with Gasteiger partial charge in [0.05, 0.1) is 11.0 Å². The van der Waals surface area contributed by atoms with Crippen LogP contribution >= 0.6 is 0 Å². The Labute approximate surface area is 141 Å². The van der Waals surface area contributed by atoms with E-state index >= 15 is 0 Å². The van der Waals surface area contributed by atoms with Crippen LogP contribution in [0.3, 0.4) is 0 Å². The van der Waals surface area contributed by atoms with Gasteiger partial charge in [0.2, 0.25) is 0 Å². The molecule has 1 saturated heterocycles. The molecule has 1 N–H and O–H groups in total. The maximum Gasteiger partial charge on any atom is 0.326 e. The van der Waals surface area contributed by atoms with E-state index in [1.165, 1.54) is 5.56 Å². The Morgan fingerprint density at radius 3 is 2.62 bits per heavy atom. The molecule has 0 unspecified atom stereocenters. The lowest BCUT2D eigenvalue weighted by Gasteiger charge is -2.37. The summed E-state index contributed by atoms with van der Waals surface area (Å²) >= 11 is 0. The van der Waals surface area contributed by atoms with Gasteiger partial charge in [-0.1, -0.05) is 49.4 Å². The minimum Gasteiger partial charge on any atom is -0.306 e. The molecule has 0 radical (unpaired) electrons. The van der Waals surface area contributed by atoms with Crippen LogP contribution in [-0.2, 0) is 6.54 Å². The van der Waals surface area contributed by atoms with Crippen molar-refractivity contribution in [2.45, 2.75) is 25.9 Å². The first-order valence-electron chi connectivity index (χ1n) is 8.68. The van der Waals surface area contributed by atoms with Crippen LogP contribution in [0.2, 0.25) is 0 Å². The van der Waals surface area contributed by atoms with Gasteiger partial charge in [-0.05, 0) is 30.0 Å². The first-order valence-corrected chi connectivity index (χ1v) is 8.68. The van der Waals surface area contributed by atoms with Crippen molar-refractivity contribution in [3.63, 3.8) is 0 Å². The predicted molar refractivity (Wildman–Crippen MR) is 97.1 cm³/mol. The first kappa shape index (κ1) is 15.2. The molecule has 2 heterocycles. The van der Waals surface area contributed by atoms with Gasteiger partial charge < -0.3 is 4.98 Å². The Morgan fingerprint density at radius 2 is 1.83 bits per heavy atom. The quantitative estimate of drug-likeness (QED) is 0.803. The van der Waals surface area contributed by atoms with Crippen molar-refractivity contribution in [2.75, 3.05) is 13.1 Å². The highest BCUT2D eigenvalue weighted by Crippen LogP contribution is 2.30. The molecular weight excluding hydrogens is 298 g/mol. The number of hydrogen-bond acceptors (Lipinski definition) is 2. The molecule has 1 aromatic heterocycles. The van der Waals surface area contributed by atoms with Crippen molar-refractivity contribution in [1.29, 1.82) is 0 Å². The molecular formula is C20H23N3O. The third kappa shape index (κ3) is 2.78. The highest BCUT2D eigenvalue weighted by Gasteiger charge is 2.29. The smallest absolute Gasteiger partial charge is 0.306 e. The van der Waals surface area contributed by atoms with Crippen LogP contribution in [0.25, 0.3) is 11.0 Å². The lowest BCUT2D eigenvalue weighted by atomic mass is 9.93. The van der Waals surface area contributed by atoms with Gasteiger partial charge in [0, 0.05) is 25.7 Å². The molecule has 4 rings (SSSR count). The molecule has 0 amide bonds. The SMILES string of the molecule is C[C@@H]1CN(Cc2ccccc2)CC[C@@H]1n1c(=O)[nH]c2ccccc21. The number of fused-ring (bicyclic) bond motifs is 1. The Kier molecular flexibility index (Phi) is 3.98. The average Bonchev–Trinajstić information content (AvgIpc) is 2.92. The van der Waals surface area contributed by atoms with Crippen LogP contribution in [-0.4, -0.2) is 27.5 Å². The molecule has 4 heteroatoms. The highest BCUT2D eigenvalue weighted by molar-refractivity contribution is 5.75. The second-order valence-corrected chi connectivity index (χ2v) is 6.87. The van der Waals surface area contributed by atoms with E-state index in [1.54, 1.807) is 0 Å². The van der Waals surface area contributed by atoms with Crippen LogP contribution in [0.15, 0.2) is 59.4 Å². The molecule has 1 fully saturated rings. The number of nitrogens with zero attached hydrogens (tertiary/aromatic N) is 2. The summed E-state index contributed by atoms with van der Waals surface area (Å²) in [4.78, 5) is 17.9. The van der Waals surface area contributed by atoms with Gasteiger partial charge in [-0.2, -0.15) is 0 Å². The molecule has 0 spiro atoms. The number of rotatable bonds is 3. The molecule has 1 aliphatic rings. The molecule has 0 aliphatic carbocycles. The number of likely N-dealkylation sites (tertiary alicyclic amines) is 1. The minimum atomic E-state index is 0.0181. The molecule has 0 bridgehead atoms. The van der Waals surface area contributed by atoms with E-state index in [0.717, 1.165) is 37.1 Å². The first-order chi connectivity index (χ1) is 11.7. The molecule has 2 atom stereocenters. The number of H-pyrrole nitrogens is 1. The lowest BCUT2D eigenvalue weighted by Crippen LogP contribution is -2.41. The second kappa shape index (κ2) is 6.29. The van der Waals surface area contributed by atoms with Crippen molar-refractivity contribution in [1.82, 2.24) is 14.5 Å².